The Morgan fingerprint density at radius 3 is 2.79 bits per heavy atom. The fourth-order valence-electron chi connectivity index (χ4n) is 1.50. The van der Waals surface area contributed by atoms with Gasteiger partial charge in [0, 0.05) is 20.3 Å². The minimum atomic E-state index is -3.74. The van der Waals surface area contributed by atoms with Crippen molar-refractivity contribution in [2.75, 3.05) is 20.3 Å². The van der Waals surface area contributed by atoms with Crippen LogP contribution in [0.25, 0.3) is 0 Å². The highest BCUT2D eigenvalue weighted by atomic mass is 32.2. The summed E-state index contributed by atoms with van der Waals surface area (Å²) < 4.78 is 31.1. The third-order valence-corrected chi connectivity index (χ3v) is 4.97. The fourth-order valence-corrected chi connectivity index (χ4v) is 3.83. The second-order valence-corrected chi connectivity index (χ2v) is 6.52. The molecule has 0 aliphatic heterocycles. The van der Waals surface area contributed by atoms with Gasteiger partial charge in [-0.05, 0) is 30.7 Å². The lowest BCUT2D eigenvalue weighted by Gasteiger charge is -2.06. The number of thiophene rings is 1. The first-order valence-corrected chi connectivity index (χ1v) is 8.14. The summed E-state index contributed by atoms with van der Waals surface area (Å²) in [6.45, 7) is 0.946. The highest BCUT2D eigenvalue weighted by molar-refractivity contribution is 7.89. The van der Waals surface area contributed by atoms with Crippen molar-refractivity contribution in [2.24, 2.45) is 0 Å². The Kier molecular flexibility index (Phi) is 6.43. The molecule has 1 heterocycles. The Labute approximate surface area is 116 Å². The third-order valence-electron chi connectivity index (χ3n) is 2.43. The number of rotatable bonds is 9. The molecule has 0 amide bonds. The molecule has 0 atom stereocenters. The molecule has 0 spiro atoms. The van der Waals surface area contributed by atoms with E-state index in [1.807, 2.05) is 0 Å². The zero-order valence-corrected chi connectivity index (χ0v) is 12.2. The zero-order valence-electron chi connectivity index (χ0n) is 10.6. The number of carboxylic acids is 1. The summed E-state index contributed by atoms with van der Waals surface area (Å²) in [7, 11) is -2.12. The van der Waals surface area contributed by atoms with Crippen LogP contribution in [0.15, 0.2) is 16.3 Å². The summed E-state index contributed by atoms with van der Waals surface area (Å²) in [5.74, 6) is -1.23. The van der Waals surface area contributed by atoms with Gasteiger partial charge in [0.1, 0.15) is 9.77 Å². The van der Waals surface area contributed by atoms with Crippen LogP contribution in [-0.2, 0) is 14.8 Å². The first-order chi connectivity index (χ1) is 8.99. The highest BCUT2D eigenvalue weighted by Gasteiger charge is 2.23. The van der Waals surface area contributed by atoms with E-state index in [9.17, 15) is 13.2 Å². The minimum Gasteiger partial charge on any atom is -0.477 e. The van der Waals surface area contributed by atoms with Gasteiger partial charge >= 0.3 is 5.97 Å². The first-order valence-electron chi connectivity index (χ1n) is 5.78. The fraction of sp³-hybridized carbons (Fsp3) is 0.545. The van der Waals surface area contributed by atoms with Crippen molar-refractivity contribution in [1.82, 2.24) is 4.72 Å². The number of aromatic carboxylic acids is 1. The van der Waals surface area contributed by atoms with Gasteiger partial charge in [-0.25, -0.2) is 17.9 Å². The van der Waals surface area contributed by atoms with Crippen LogP contribution >= 0.6 is 11.3 Å². The van der Waals surface area contributed by atoms with Crippen LogP contribution in [0.5, 0.6) is 0 Å². The summed E-state index contributed by atoms with van der Waals surface area (Å²) in [4.78, 5) is 10.6. The SMILES string of the molecule is COCCCCCNS(=O)(=O)c1ccsc1C(=O)O. The molecule has 0 fully saturated rings. The monoisotopic (exact) mass is 307 g/mol. The van der Waals surface area contributed by atoms with Crippen LogP contribution < -0.4 is 4.72 Å². The number of nitrogens with one attached hydrogen (secondary N) is 1. The summed E-state index contributed by atoms with van der Waals surface area (Å²) in [6.07, 6.45) is 2.41. The van der Waals surface area contributed by atoms with E-state index in [2.05, 4.69) is 4.72 Å². The number of sulfonamides is 1. The van der Waals surface area contributed by atoms with Crippen LogP contribution in [-0.4, -0.2) is 39.8 Å². The predicted molar refractivity (Wildman–Crippen MR) is 72.2 cm³/mol. The van der Waals surface area contributed by atoms with Gasteiger partial charge in [0.15, 0.2) is 0 Å². The first kappa shape index (κ1) is 16.1. The Morgan fingerprint density at radius 2 is 2.16 bits per heavy atom. The topological polar surface area (TPSA) is 92.7 Å². The summed E-state index contributed by atoms with van der Waals surface area (Å²) >= 11 is 0.900. The van der Waals surface area contributed by atoms with Gasteiger partial charge in [0.05, 0.1) is 0 Å². The molecule has 0 unspecified atom stereocenters. The molecule has 2 N–H and O–H groups in total. The quantitative estimate of drug-likeness (QED) is 0.675. The van der Waals surface area contributed by atoms with Gasteiger partial charge in [-0.3, -0.25) is 0 Å². The molecular formula is C11H17NO5S2. The Hall–Kier alpha value is -0.960. The maximum Gasteiger partial charge on any atom is 0.347 e. The lowest BCUT2D eigenvalue weighted by molar-refractivity contribution is 0.0698. The van der Waals surface area contributed by atoms with E-state index in [0.717, 1.165) is 24.2 Å². The summed E-state index contributed by atoms with van der Waals surface area (Å²) in [5.41, 5.74) is 0. The summed E-state index contributed by atoms with van der Waals surface area (Å²) in [5, 5.41) is 10.3. The average Bonchev–Trinajstić information content (AvgIpc) is 2.83. The molecule has 19 heavy (non-hydrogen) atoms. The molecule has 0 saturated heterocycles. The number of unbranched alkanes of at least 4 members (excludes halogenated alkanes) is 2. The average molecular weight is 307 g/mol. The highest BCUT2D eigenvalue weighted by Crippen LogP contribution is 2.21. The largest absolute Gasteiger partial charge is 0.477 e. The van der Waals surface area contributed by atoms with Crippen LogP contribution in [0.4, 0.5) is 0 Å². The van der Waals surface area contributed by atoms with Gasteiger partial charge in [-0.1, -0.05) is 0 Å². The lowest BCUT2D eigenvalue weighted by atomic mass is 10.2. The normalized spacial score (nSPS) is 11.6. The standard InChI is InChI=1S/C11H17NO5S2/c1-17-7-4-2-3-6-12-19(15,16)9-5-8-18-10(9)11(13)14/h5,8,12H,2-4,6-7H2,1H3,(H,13,14). The molecule has 0 radical (unpaired) electrons. The number of methoxy groups -OCH3 is 1. The van der Waals surface area contributed by atoms with Gasteiger partial charge in [-0.15, -0.1) is 11.3 Å². The van der Waals surface area contributed by atoms with Crippen molar-refractivity contribution >= 4 is 27.3 Å². The maximum atomic E-state index is 11.9. The Morgan fingerprint density at radius 1 is 1.42 bits per heavy atom. The van der Waals surface area contributed by atoms with Gasteiger partial charge < -0.3 is 9.84 Å². The summed E-state index contributed by atoms with van der Waals surface area (Å²) in [6, 6.07) is 1.31. The van der Waals surface area contributed by atoms with E-state index in [1.54, 1.807) is 7.11 Å². The second kappa shape index (κ2) is 7.59. The molecule has 0 aromatic carbocycles. The molecule has 1 aromatic rings. The molecule has 1 rings (SSSR count). The Bertz CT molecular complexity index is 509. The van der Waals surface area contributed by atoms with Crippen molar-refractivity contribution in [3.63, 3.8) is 0 Å². The van der Waals surface area contributed by atoms with E-state index in [1.165, 1.54) is 11.4 Å². The van der Waals surface area contributed by atoms with Crippen molar-refractivity contribution < 1.29 is 23.1 Å². The van der Waals surface area contributed by atoms with E-state index in [0.29, 0.717) is 19.6 Å². The molecule has 108 valence electrons. The van der Waals surface area contributed by atoms with Crippen molar-refractivity contribution in [3.8, 4) is 0 Å². The molecule has 0 saturated carbocycles. The van der Waals surface area contributed by atoms with Crippen molar-refractivity contribution in [1.29, 1.82) is 0 Å². The van der Waals surface area contributed by atoms with Gasteiger partial charge in [0.2, 0.25) is 10.0 Å². The maximum absolute atomic E-state index is 11.9. The molecule has 0 aliphatic carbocycles. The van der Waals surface area contributed by atoms with E-state index in [-0.39, 0.29) is 9.77 Å². The molecule has 0 aliphatic rings. The molecule has 8 heteroatoms. The number of hydrogen-bond acceptors (Lipinski definition) is 5. The van der Waals surface area contributed by atoms with E-state index >= 15 is 0 Å². The molecular weight excluding hydrogens is 290 g/mol. The van der Waals surface area contributed by atoms with Crippen LogP contribution in [0, 0.1) is 0 Å². The van der Waals surface area contributed by atoms with Gasteiger partial charge in [-0.2, -0.15) is 0 Å². The number of ether oxygens (including phenoxy) is 1. The third kappa shape index (κ3) is 4.90. The number of carboxylic acid groups (broad SMARTS) is 1. The van der Waals surface area contributed by atoms with E-state index < -0.39 is 16.0 Å². The predicted octanol–water partition coefficient (Wildman–Crippen LogP) is 1.54. The van der Waals surface area contributed by atoms with Crippen molar-refractivity contribution in [3.05, 3.63) is 16.3 Å². The smallest absolute Gasteiger partial charge is 0.347 e. The van der Waals surface area contributed by atoms with Crippen LogP contribution in [0.1, 0.15) is 28.9 Å². The Balaban J connectivity index is 2.52. The molecule has 6 nitrogen and oxygen atoms in total. The zero-order chi connectivity index (χ0) is 14.3. The molecule has 1 aromatic heterocycles. The molecule has 0 bridgehead atoms. The number of hydrogen-bond donors (Lipinski definition) is 2. The van der Waals surface area contributed by atoms with E-state index in [4.69, 9.17) is 9.84 Å². The van der Waals surface area contributed by atoms with Gasteiger partial charge in [0.25, 0.3) is 0 Å². The van der Waals surface area contributed by atoms with Crippen molar-refractivity contribution in [2.45, 2.75) is 24.2 Å². The van der Waals surface area contributed by atoms with Crippen LogP contribution in [0.2, 0.25) is 0 Å². The second-order valence-electron chi connectivity index (χ2n) is 3.87. The van der Waals surface area contributed by atoms with Crippen LogP contribution in [0.3, 0.4) is 0 Å². The lowest BCUT2D eigenvalue weighted by Crippen LogP contribution is -2.25. The minimum absolute atomic E-state index is 0.160. The number of carbonyl (C=O) groups is 1.